The van der Waals surface area contributed by atoms with Crippen LogP contribution >= 0.6 is 11.6 Å². The summed E-state index contributed by atoms with van der Waals surface area (Å²) in [7, 11) is 1.68. The molecule has 0 radical (unpaired) electrons. The Bertz CT molecular complexity index is 468. The van der Waals surface area contributed by atoms with Crippen LogP contribution in [0.5, 0.6) is 0 Å². The van der Waals surface area contributed by atoms with Crippen LogP contribution in [0, 0.1) is 0 Å². The molecule has 17 heavy (non-hydrogen) atoms. The fourth-order valence-electron chi connectivity index (χ4n) is 1.68. The smallest absolute Gasteiger partial charge is 0.0926 e. The minimum atomic E-state index is 0.462. The zero-order chi connectivity index (χ0) is 12.1. The maximum Gasteiger partial charge on any atom is 0.0926 e. The Morgan fingerprint density at radius 3 is 2.71 bits per heavy atom. The molecule has 0 aliphatic rings. The standard InChI is InChI=1S/C13H15ClN2O/c1-17-8-7-16-12(10-14)9-13(15-16)11-5-3-2-4-6-11/h2-6,9H,7-8,10H2,1H3. The number of alkyl halides is 1. The highest BCUT2D eigenvalue weighted by molar-refractivity contribution is 6.16. The van der Waals surface area contributed by atoms with Crippen LogP contribution in [-0.2, 0) is 17.2 Å². The van der Waals surface area contributed by atoms with Gasteiger partial charge in [-0.15, -0.1) is 11.6 Å². The molecule has 0 aliphatic carbocycles. The molecule has 4 heteroatoms. The molecule has 2 rings (SSSR count). The lowest BCUT2D eigenvalue weighted by atomic mass is 10.1. The zero-order valence-corrected chi connectivity index (χ0v) is 10.5. The number of methoxy groups -OCH3 is 1. The number of benzene rings is 1. The third kappa shape index (κ3) is 2.87. The molecule has 0 fully saturated rings. The summed E-state index contributed by atoms with van der Waals surface area (Å²) in [6, 6.07) is 12.1. The molecule has 0 aliphatic heterocycles. The van der Waals surface area contributed by atoms with Crippen LogP contribution < -0.4 is 0 Å². The first kappa shape index (κ1) is 12.1. The van der Waals surface area contributed by atoms with E-state index in [1.54, 1.807) is 7.11 Å². The molecule has 0 N–H and O–H groups in total. The van der Waals surface area contributed by atoms with Gasteiger partial charge in [-0.3, -0.25) is 4.68 Å². The summed E-state index contributed by atoms with van der Waals surface area (Å²) in [4.78, 5) is 0. The molecule has 0 spiro atoms. The third-order valence-corrected chi connectivity index (χ3v) is 2.85. The van der Waals surface area contributed by atoms with E-state index < -0.39 is 0 Å². The van der Waals surface area contributed by atoms with E-state index in [1.807, 2.05) is 41.1 Å². The van der Waals surface area contributed by atoms with Gasteiger partial charge in [0, 0.05) is 12.7 Å². The van der Waals surface area contributed by atoms with Crippen molar-refractivity contribution in [2.24, 2.45) is 0 Å². The Balaban J connectivity index is 2.28. The van der Waals surface area contributed by atoms with Gasteiger partial charge in [-0.2, -0.15) is 5.10 Å². The molecule has 1 heterocycles. The van der Waals surface area contributed by atoms with Gasteiger partial charge in [0.05, 0.1) is 30.4 Å². The van der Waals surface area contributed by atoms with Gasteiger partial charge in [0.1, 0.15) is 0 Å². The number of ether oxygens (including phenoxy) is 1. The van der Waals surface area contributed by atoms with E-state index >= 15 is 0 Å². The van der Waals surface area contributed by atoms with Crippen LogP contribution in [0.15, 0.2) is 36.4 Å². The van der Waals surface area contributed by atoms with Crippen molar-refractivity contribution in [3.63, 3.8) is 0 Å². The number of hydrogen-bond acceptors (Lipinski definition) is 2. The molecule has 90 valence electrons. The van der Waals surface area contributed by atoms with E-state index in [4.69, 9.17) is 16.3 Å². The quantitative estimate of drug-likeness (QED) is 0.763. The van der Waals surface area contributed by atoms with Crippen LogP contribution in [0.2, 0.25) is 0 Å². The minimum Gasteiger partial charge on any atom is -0.383 e. The van der Waals surface area contributed by atoms with Crippen molar-refractivity contribution in [3.05, 3.63) is 42.1 Å². The van der Waals surface area contributed by atoms with Crippen molar-refractivity contribution < 1.29 is 4.74 Å². The van der Waals surface area contributed by atoms with Crippen molar-refractivity contribution in [3.8, 4) is 11.3 Å². The Kier molecular flexibility index (Phi) is 4.18. The first-order valence-electron chi connectivity index (χ1n) is 5.52. The molecule has 0 amide bonds. The number of aromatic nitrogens is 2. The molecule has 0 bridgehead atoms. The van der Waals surface area contributed by atoms with Gasteiger partial charge in [-0.25, -0.2) is 0 Å². The average Bonchev–Trinajstić information content (AvgIpc) is 2.80. The molecule has 0 atom stereocenters. The van der Waals surface area contributed by atoms with E-state index in [0.29, 0.717) is 12.5 Å². The molecule has 1 aromatic heterocycles. The summed E-state index contributed by atoms with van der Waals surface area (Å²) in [6.07, 6.45) is 0. The predicted molar refractivity (Wildman–Crippen MR) is 69.1 cm³/mol. The first-order valence-corrected chi connectivity index (χ1v) is 6.05. The van der Waals surface area contributed by atoms with Crippen molar-refractivity contribution in [1.82, 2.24) is 9.78 Å². The van der Waals surface area contributed by atoms with Crippen LogP contribution in [0.1, 0.15) is 5.69 Å². The van der Waals surface area contributed by atoms with Crippen molar-refractivity contribution in [1.29, 1.82) is 0 Å². The van der Waals surface area contributed by atoms with Crippen LogP contribution in [0.3, 0.4) is 0 Å². The van der Waals surface area contributed by atoms with Crippen molar-refractivity contribution >= 4 is 11.6 Å². The van der Waals surface area contributed by atoms with Gasteiger partial charge in [0.2, 0.25) is 0 Å². The second-order valence-electron chi connectivity index (χ2n) is 3.74. The zero-order valence-electron chi connectivity index (χ0n) is 9.77. The number of nitrogens with zero attached hydrogens (tertiary/aromatic N) is 2. The Hall–Kier alpha value is -1.32. The summed E-state index contributed by atoms with van der Waals surface area (Å²) in [5, 5.41) is 4.54. The summed E-state index contributed by atoms with van der Waals surface area (Å²) < 4.78 is 6.96. The largest absolute Gasteiger partial charge is 0.383 e. The van der Waals surface area contributed by atoms with Gasteiger partial charge in [-0.1, -0.05) is 30.3 Å². The Morgan fingerprint density at radius 1 is 1.29 bits per heavy atom. The van der Waals surface area contributed by atoms with Crippen LogP contribution in [0.25, 0.3) is 11.3 Å². The van der Waals surface area contributed by atoms with E-state index in [2.05, 4.69) is 5.10 Å². The van der Waals surface area contributed by atoms with Gasteiger partial charge in [-0.05, 0) is 6.07 Å². The fourth-order valence-corrected chi connectivity index (χ4v) is 1.90. The second kappa shape index (κ2) is 5.84. The topological polar surface area (TPSA) is 27.1 Å². The van der Waals surface area contributed by atoms with Gasteiger partial charge < -0.3 is 4.74 Å². The molecule has 1 aromatic carbocycles. The molecule has 0 saturated carbocycles. The molecule has 0 unspecified atom stereocenters. The average molecular weight is 251 g/mol. The molecule has 0 saturated heterocycles. The third-order valence-electron chi connectivity index (χ3n) is 2.58. The van der Waals surface area contributed by atoms with Crippen molar-refractivity contribution in [2.45, 2.75) is 12.4 Å². The Labute approximate surface area is 106 Å². The predicted octanol–water partition coefficient (Wildman–Crippen LogP) is 2.94. The maximum atomic E-state index is 5.91. The lowest BCUT2D eigenvalue weighted by molar-refractivity contribution is 0.183. The van der Waals surface area contributed by atoms with E-state index in [9.17, 15) is 0 Å². The molecule has 2 aromatic rings. The van der Waals surface area contributed by atoms with E-state index in [0.717, 1.165) is 23.5 Å². The summed E-state index contributed by atoms with van der Waals surface area (Å²) in [5.41, 5.74) is 3.08. The van der Waals surface area contributed by atoms with E-state index in [-0.39, 0.29) is 0 Å². The highest BCUT2D eigenvalue weighted by Crippen LogP contribution is 2.19. The molecular formula is C13H15ClN2O. The van der Waals surface area contributed by atoms with Crippen LogP contribution in [0.4, 0.5) is 0 Å². The summed E-state index contributed by atoms with van der Waals surface area (Å²) in [5.74, 6) is 0.462. The monoisotopic (exact) mass is 250 g/mol. The minimum absolute atomic E-state index is 0.462. The number of rotatable bonds is 5. The van der Waals surface area contributed by atoms with Crippen molar-refractivity contribution in [2.75, 3.05) is 13.7 Å². The van der Waals surface area contributed by atoms with Crippen LogP contribution in [-0.4, -0.2) is 23.5 Å². The Morgan fingerprint density at radius 2 is 2.06 bits per heavy atom. The highest BCUT2D eigenvalue weighted by atomic mass is 35.5. The first-order chi connectivity index (χ1) is 8.35. The number of hydrogen-bond donors (Lipinski definition) is 0. The van der Waals surface area contributed by atoms with Gasteiger partial charge in [0.15, 0.2) is 0 Å². The molecular weight excluding hydrogens is 236 g/mol. The lowest BCUT2D eigenvalue weighted by Crippen LogP contribution is -2.08. The summed E-state index contributed by atoms with van der Waals surface area (Å²) >= 11 is 5.91. The van der Waals surface area contributed by atoms with E-state index in [1.165, 1.54) is 0 Å². The summed E-state index contributed by atoms with van der Waals surface area (Å²) in [6.45, 7) is 1.37. The second-order valence-corrected chi connectivity index (χ2v) is 4.00. The normalized spacial score (nSPS) is 10.7. The maximum absolute atomic E-state index is 5.91. The lowest BCUT2D eigenvalue weighted by Gasteiger charge is -2.03. The SMILES string of the molecule is COCCn1nc(-c2ccccc2)cc1CCl. The number of halogens is 1. The molecule has 3 nitrogen and oxygen atoms in total. The fraction of sp³-hybridized carbons (Fsp3) is 0.308. The highest BCUT2D eigenvalue weighted by Gasteiger charge is 2.08. The van der Waals surface area contributed by atoms with Gasteiger partial charge in [0.25, 0.3) is 0 Å². The van der Waals surface area contributed by atoms with Gasteiger partial charge >= 0.3 is 0 Å².